The quantitative estimate of drug-likeness (QED) is 0.866. The first-order chi connectivity index (χ1) is 9.24. The van der Waals surface area contributed by atoms with Crippen LogP contribution in [0.1, 0.15) is 5.56 Å². The molecule has 0 amide bonds. The third kappa shape index (κ3) is 3.10. The Hall–Kier alpha value is -2.36. The summed E-state index contributed by atoms with van der Waals surface area (Å²) in [7, 11) is 3.24. The summed E-state index contributed by atoms with van der Waals surface area (Å²) < 4.78 is 10.5. The van der Waals surface area contributed by atoms with Crippen LogP contribution in [0.25, 0.3) is 0 Å². The van der Waals surface area contributed by atoms with Crippen molar-refractivity contribution in [3.05, 3.63) is 48.0 Å². The van der Waals surface area contributed by atoms with Crippen LogP contribution in [0.2, 0.25) is 0 Å². The van der Waals surface area contributed by atoms with E-state index in [0.717, 1.165) is 22.7 Å². The average Bonchev–Trinajstić information content (AvgIpc) is 2.46. The van der Waals surface area contributed by atoms with E-state index in [1.54, 1.807) is 26.4 Å². The van der Waals surface area contributed by atoms with Gasteiger partial charge in [0, 0.05) is 18.2 Å². The second-order valence-corrected chi connectivity index (χ2v) is 4.05. The number of phenolic OH excluding ortho intramolecular Hbond substituents is 1. The number of methoxy groups -OCH3 is 2. The Morgan fingerprint density at radius 3 is 2.53 bits per heavy atom. The predicted molar refractivity (Wildman–Crippen MR) is 75.0 cm³/mol. The molecule has 4 heteroatoms. The number of aromatic hydroxyl groups is 1. The fourth-order valence-electron chi connectivity index (χ4n) is 1.80. The number of hydrogen-bond donors (Lipinski definition) is 2. The number of anilines is 1. The number of para-hydroxylation sites is 1. The summed E-state index contributed by atoms with van der Waals surface area (Å²) in [6, 6.07) is 12.8. The van der Waals surface area contributed by atoms with Crippen LogP contribution in [-0.4, -0.2) is 19.3 Å². The Labute approximate surface area is 112 Å². The van der Waals surface area contributed by atoms with Crippen molar-refractivity contribution in [2.45, 2.75) is 6.54 Å². The summed E-state index contributed by atoms with van der Waals surface area (Å²) in [5.41, 5.74) is 1.65. The second-order valence-electron chi connectivity index (χ2n) is 4.05. The van der Waals surface area contributed by atoms with Gasteiger partial charge in [-0.3, -0.25) is 0 Å². The van der Waals surface area contributed by atoms with Gasteiger partial charge in [-0.15, -0.1) is 0 Å². The minimum absolute atomic E-state index is 0.275. The minimum Gasteiger partial charge on any atom is -0.508 e. The lowest BCUT2D eigenvalue weighted by molar-refractivity contribution is 0.404. The van der Waals surface area contributed by atoms with Gasteiger partial charge in [-0.05, 0) is 18.2 Å². The van der Waals surface area contributed by atoms with Gasteiger partial charge in [0.05, 0.1) is 19.9 Å². The SMILES string of the molecule is COc1ccc(OC)c(NCc2ccccc2O)c1. The molecule has 2 rings (SSSR count). The lowest BCUT2D eigenvalue weighted by Crippen LogP contribution is -2.02. The van der Waals surface area contributed by atoms with Crippen molar-refractivity contribution in [1.82, 2.24) is 0 Å². The molecule has 0 heterocycles. The van der Waals surface area contributed by atoms with Crippen molar-refractivity contribution >= 4 is 5.69 Å². The topological polar surface area (TPSA) is 50.7 Å². The number of ether oxygens (including phenoxy) is 2. The second kappa shape index (κ2) is 6.00. The van der Waals surface area contributed by atoms with Crippen LogP contribution in [0.15, 0.2) is 42.5 Å². The van der Waals surface area contributed by atoms with E-state index in [1.165, 1.54) is 0 Å². The summed E-state index contributed by atoms with van der Waals surface area (Å²) in [5.74, 6) is 1.76. The molecule has 0 aromatic heterocycles. The molecule has 2 aromatic carbocycles. The summed E-state index contributed by atoms with van der Waals surface area (Å²) in [6.45, 7) is 0.510. The molecule has 0 aliphatic carbocycles. The van der Waals surface area contributed by atoms with Crippen LogP contribution in [0.5, 0.6) is 17.2 Å². The van der Waals surface area contributed by atoms with Gasteiger partial charge in [-0.2, -0.15) is 0 Å². The zero-order valence-electron chi connectivity index (χ0n) is 11.0. The van der Waals surface area contributed by atoms with Crippen molar-refractivity contribution in [3.8, 4) is 17.2 Å². The molecule has 0 saturated heterocycles. The highest BCUT2D eigenvalue weighted by atomic mass is 16.5. The molecule has 0 aliphatic heterocycles. The molecular formula is C15H17NO3. The Kier molecular flexibility index (Phi) is 4.13. The molecule has 0 bridgehead atoms. The van der Waals surface area contributed by atoms with E-state index in [1.807, 2.05) is 30.3 Å². The first-order valence-electron chi connectivity index (χ1n) is 5.97. The Morgan fingerprint density at radius 1 is 1.05 bits per heavy atom. The normalized spacial score (nSPS) is 10.0. The maximum Gasteiger partial charge on any atom is 0.142 e. The molecule has 19 heavy (non-hydrogen) atoms. The predicted octanol–water partition coefficient (Wildman–Crippen LogP) is 3.02. The lowest BCUT2D eigenvalue weighted by Gasteiger charge is -2.13. The van der Waals surface area contributed by atoms with Crippen molar-refractivity contribution in [1.29, 1.82) is 0 Å². The van der Waals surface area contributed by atoms with Crippen molar-refractivity contribution < 1.29 is 14.6 Å². The fraction of sp³-hybridized carbons (Fsp3) is 0.200. The highest BCUT2D eigenvalue weighted by Crippen LogP contribution is 2.29. The molecule has 4 nitrogen and oxygen atoms in total. The van der Waals surface area contributed by atoms with Crippen LogP contribution in [0.3, 0.4) is 0 Å². The molecule has 0 unspecified atom stereocenters. The smallest absolute Gasteiger partial charge is 0.142 e. The number of hydrogen-bond acceptors (Lipinski definition) is 4. The minimum atomic E-state index is 0.275. The van der Waals surface area contributed by atoms with E-state index < -0.39 is 0 Å². The van der Waals surface area contributed by atoms with Crippen LogP contribution < -0.4 is 14.8 Å². The number of benzene rings is 2. The Balaban J connectivity index is 2.16. The van der Waals surface area contributed by atoms with Crippen molar-refractivity contribution in [3.63, 3.8) is 0 Å². The summed E-state index contributed by atoms with van der Waals surface area (Å²) in [6.07, 6.45) is 0. The van der Waals surface area contributed by atoms with Crippen molar-refractivity contribution in [2.75, 3.05) is 19.5 Å². The summed E-state index contributed by atoms with van der Waals surface area (Å²) in [5, 5.41) is 13.0. The van der Waals surface area contributed by atoms with E-state index in [9.17, 15) is 5.11 Å². The van der Waals surface area contributed by atoms with Gasteiger partial charge >= 0.3 is 0 Å². The summed E-state index contributed by atoms with van der Waals surface area (Å²) >= 11 is 0. The van der Waals surface area contributed by atoms with Crippen molar-refractivity contribution in [2.24, 2.45) is 0 Å². The fourth-order valence-corrected chi connectivity index (χ4v) is 1.80. The molecule has 2 N–H and O–H groups in total. The first-order valence-corrected chi connectivity index (χ1v) is 5.97. The van der Waals surface area contributed by atoms with Crippen LogP contribution in [-0.2, 0) is 6.54 Å². The number of rotatable bonds is 5. The zero-order chi connectivity index (χ0) is 13.7. The van der Waals surface area contributed by atoms with E-state index in [4.69, 9.17) is 9.47 Å². The highest BCUT2D eigenvalue weighted by Gasteiger charge is 2.06. The molecular weight excluding hydrogens is 242 g/mol. The van der Waals surface area contributed by atoms with E-state index in [0.29, 0.717) is 6.54 Å². The third-order valence-electron chi connectivity index (χ3n) is 2.87. The molecule has 0 spiro atoms. The van der Waals surface area contributed by atoms with E-state index in [-0.39, 0.29) is 5.75 Å². The Morgan fingerprint density at radius 2 is 1.84 bits per heavy atom. The van der Waals surface area contributed by atoms with Gasteiger partial charge in [0.2, 0.25) is 0 Å². The van der Waals surface area contributed by atoms with Crippen LogP contribution in [0, 0.1) is 0 Å². The molecule has 0 radical (unpaired) electrons. The van der Waals surface area contributed by atoms with Gasteiger partial charge < -0.3 is 19.9 Å². The first kappa shape index (κ1) is 13.1. The van der Waals surface area contributed by atoms with Crippen LogP contribution in [0.4, 0.5) is 5.69 Å². The highest BCUT2D eigenvalue weighted by molar-refractivity contribution is 5.60. The molecule has 2 aromatic rings. The average molecular weight is 259 g/mol. The molecule has 0 saturated carbocycles. The van der Waals surface area contributed by atoms with Gasteiger partial charge in [-0.25, -0.2) is 0 Å². The standard InChI is InChI=1S/C15H17NO3/c1-18-12-7-8-15(19-2)13(9-12)16-10-11-5-3-4-6-14(11)17/h3-9,16-17H,10H2,1-2H3. The lowest BCUT2D eigenvalue weighted by atomic mass is 10.2. The molecule has 0 fully saturated rings. The van der Waals surface area contributed by atoms with Gasteiger partial charge in [0.1, 0.15) is 17.2 Å². The third-order valence-corrected chi connectivity index (χ3v) is 2.87. The molecule has 0 aliphatic rings. The molecule has 0 atom stereocenters. The maximum absolute atomic E-state index is 9.72. The molecule has 100 valence electrons. The van der Waals surface area contributed by atoms with Gasteiger partial charge in [0.15, 0.2) is 0 Å². The largest absolute Gasteiger partial charge is 0.508 e. The maximum atomic E-state index is 9.72. The zero-order valence-corrected chi connectivity index (χ0v) is 11.0. The summed E-state index contributed by atoms with van der Waals surface area (Å²) in [4.78, 5) is 0. The monoisotopic (exact) mass is 259 g/mol. The van der Waals surface area contributed by atoms with E-state index in [2.05, 4.69) is 5.32 Å². The number of phenols is 1. The number of nitrogens with one attached hydrogen (secondary N) is 1. The van der Waals surface area contributed by atoms with Gasteiger partial charge in [0.25, 0.3) is 0 Å². The van der Waals surface area contributed by atoms with Gasteiger partial charge in [-0.1, -0.05) is 18.2 Å². The Bertz CT molecular complexity index is 555. The van der Waals surface area contributed by atoms with E-state index >= 15 is 0 Å². The van der Waals surface area contributed by atoms with Crippen LogP contribution >= 0.6 is 0 Å².